The maximum Gasteiger partial charge on any atom is 0.416 e. The van der Waals surface area contributed by atoms with Crippen LogP contribution in [0.3, 0.4) is 0 Å². The Kier molecular flexibility index (Phi) is 9.65. The van der Waals surface area contributed by atoms with Crippen LogP contribution in [-0.2, 0) is 28.7 Å². The Balaban J connectivity index is 1.35. The van der Waals surface area contributed by atoms with Gasteiger partial charge in [-0.3, -0.25) is 9.59 Å². The van der Waals surface area contributed by atoms with Gasteiger partial charge in [-0.05, 0) is 65.8 Å². The smallest absolute Gasteiger partial charge is 0.416 e. The highest BCUT2D eigenvalue weighted by Crippen LogP contribution is 2.35. The van der Waals surface area contributed by atoms with E-state index in [0.717, 1.165) is 41.7 Å². The number of piperazine rings is 1. The summed E-state index contributed by atoms with van der Waals surface area (Å²) in [6, 6.07) is 20.1. The number of nitrogens with one attached hydrogen (secondary N) is 1. The quantitative estimate of drug-likeness (QED) is 0.281. The third-order valence-electron chi connectivity index (χ3n) is 8.11. The van der Waals surface area contributed by atoms with E-state index in [9.17, 15) is 22.8 Å². The van der Waals surface area contributed by atoms with E-state index in [1.807, 2.05) is 42.5 Å². The van der Waals surface area contributed by atoms with Gasteiger partial charge in [0.2, 0.25) is 5.91 Å². The van der Waals surface area contributed by atoms with Gasteiger partial charge in [0, 0.05) is 45.2 Å². The first-order valence-corrected chi connectivity index (χ1v) is 15.0. The number of alkyl halides is 3. The largest absolute Gasteiger partial charge is 0.492 e. The summed E-state index contributed by atoms with van der Waals surface area (Å²) in [4.78, 5) is 29.5. The van der Waals surface area contributed by atoms with E-state index in [1.54, 1.807) is 24.1 Å². The first-order valence-electron chi connectivity index (χ1n) is 14.6. The van der Waals surface area contributed by atoms with Gasteiger partial charge in [-0.25, -0.2) is 0 Å². The number of benzene rings is 3. The molecule has 2 bridgehead atoms. The van der Waals surface area contributed by atoms with Gasteiger partial charge in [0.05, 0.1) is 23.2 Å². The molecule has 0 spiro atoms. The van der Waals surface area contributed by atoms with E-state index in [-0.39, 0.29) is 30.4 Å². The average Bonchev–Trinajstić information content (AvgIpc) is 2.99. The Bertz CT molecular complexity index is 1540. The second-order valence-corrected chi connectivity index (χ2v) is 11.8. The summed E-state index contributed by atoms with van der Waals surface area (Å²) in [5.41, 5.74) is 3.13. The van der Waals surface area contributed by atoms with Gasteiger partial charge in [-0.15, -0.1) is 0 Å². The average molecular weight is 626 g/mol. The van der Waals surface area contributed by atoms with Crippen molar-refractivity contribution in [1.82, 2.24) is 15.1 Å². The van der Waals surface area contributed by atoms with Crippen molar-refractivity contribution in [3.63, 3.8) is 0 Å². The summed E-state index contributed by atoms with van der Waals surface area (Å²) in [5, 5.41) is 4.09. The molecule has 2 aliphatic rings. The molecule has 1 fully saturated rings. The Morgan fingerprint density at radius 1 is 1.02 bits per heavy atom. The minimum Gasteiger partial charge on any atom is -0.492 e. The van der Waals surface area contributed by atoms with Crippen molar-refractivity contribution < 1.29 is 27.5 Å². The van der Waals surface area contributed by atoms with E-state index >= 15 is 0 Å². The van der Waals surface area contributed by atoms with Gasteiger partial charge < -0.3 is 19.9 Å². The number of amides is 2. The molecule has 10 heteroatoms. The molecule has 232 valence electrons. The molecule has 3 aromatic rings. The number of fused-ring (bicyclic) bond motifs is 2. The van der Waals surface area contributed by atoms with Crippen molar-refractivity contribution in [2.75, 3.05) is 26.7 Å². The predicted octanol–water partition coefficient (Wildman–Crippen LogP) is 6.38. The molecule has 3 aromatic carbocycles. The van der Waals surface area contributed by atoms with Crippen molar-refractivity contribution >= 4 is 29.0 Å². The minimum absolute atomic E-state index is 0.0143. The lowest BCUT2D eigenvalue weighted by molar-refractivity contribution is -0.137. The van der Waals surface area contributed by atoms with Crippen molar-refractivity contribution in [1.29, 1.82) is 0 Å². The normalized spacial score (nSPS) is 18.3. The lowest BCUT2D eigenvalue weighted by Crippen LogP contribution is -2.61. The number of aryl methyl sites for hydroxylation is 1. The fraction of sp³-hybridized carbons (Fsp3) is 0.353. The third-order valence-corrected chi connectivity index (χ3v) is 8.42. The fourth-order valence-electron chi connectivity index (χ4n) is 5.91. The van der Waals surface area contributed by atoms with Gasteiger partial charge in [-0.2, -0.15) is 13.2 Å². The first kappa shape index (κ1) is 31.6. The highest BCUT2D eigenvalue weighted by atomic mass is 35.5. The molecule has 2 heterocycles. The van der Waals surface area contributed by atoms with Crippen molar-refractivity contribution in [2.45, 2.75) is 51.0 Å². The number of halogens is 4. The number of para-hydroxylation sites is 1. The van der Waals surface area contributed by atoms with Gasteiger partial charge in [-0.1, -0.05) is 60.1 Å². The highest BCUT2D eigenvalue weighted by Gasteiger charge is 2.40. The van der Waals surface area contributed by atoms with Crippen LogP contribution in [-0.4, -0.2) is 60.4 Å². The Labute approximate surface area is 260 Å². The van der Waals surface area contributed by atoms with E-state index in [2.05, 4.69) is 5.32 Å². The predicted molar refractivity (Wildman–Crippen MR) is 164 cm³/mol. The lowest BCUT2D eigenvalue weighted by Gasteiger charge is -2.44. The standard InChI is InChI=1S/C34H35ClF3N3O3/c1-22(42)41-20-27-18-28(25-14-12-23(13-15-25)8-6-16-44-31-11-4-3-10-29(31)35)32(30(21-41)39-27)33(43)40(2)19-24-7-5-9-26(17-24)34(36,37)38/h3-5,7,9-15,17,27,30,39H,6,8,16,18-21H2,1-2H3. The van der Waals surface area contributed by atoms with Crippen LogP contribution < -0.4 is 10.1 Å². The molecule has 5 rings (SSSR count). The molecule has 0 saturated carbocycles. The number of hydrogen-bond donors (Lipinski definition) is 1. The number of ether oxygens (including phenoxy) is 1. The maximum atomic E-state index is 14.0. The van der Waals surface area contributed by atoms with Crippen LogP contribution in [0.15, 0.2) is 78.4 Å². The fourth-order valence-corrected chi connectivity index (χ4v) is 6.10. The molecule has 0 aliphatic carbocycles. The van der Waals surface area contributed by atoms with Gasteiger partial charge >= 0.3 is 6.18 Å². The summed E-state index contributed by atoms with van der Waals surface area (Å²) >= 11 is 6.17. The Morgan fingerprint density at radius 3 is 2.48 bits per heavy atom. The highest BCUT2D eigenvalue weighted by molar-refractivity contribution is 6.32. The van der Waals surface area contributed by atoms with Gasteiger partial charge in [0.15, 0.2) is 0 Å². The SMILES string of the molecule is CC(=O)N1CC2CC(c3ccc(CCCOc4ccccc4Cl)cc3)=C(C(=O)N(C)Cc3cccc(C(F)(F)F)c3)C(C1)N2. The zero-order valence-corrected chi connectivity index (χ0v) is 25.4. The number of carbonyl (C=O) groups excluding carboxylic acids is 2. The zero-order chi connectivity index (χ0) is 31.4. The van der Waals surface area contributed by atoms with Crippen molar-refractivity contribution in [3.05, 3.63) is 106 Å². The molecule has 2 aliphatic heterocycles. The zero-order valence-electron chi connectivity index (χ0n) is 24.7. The summed E-state index contributed by atoms with van der Waals surface area (Å²) in [5.74, 6) is 0.322. The van der Waals surface area contributed by atoms with Crippen LogP contribution in [0, 0.1) is 0 Å². The number of nitrogens with zero attached hydrogens (tertiary/aromatic N) is 2. The second-order valence-electron chi connectivity index (χ2n) is 11.4. The van der Waals surface area contributed by atoms with Crippen LogP contribution in [0.1, 0.15) is 42.0 Å². The van der Waals surface area contributed by atoms with Crippen LogP contribution in [0.2, 0.25) is 5.02 Å². The second kappa shape index (κ2) is 13.4. The molecule has 1 saturated heterocycles. The summed E-state index contributed by atoms with van der Waals surface area (Å²) in [7, 11) is 1.60. The molecule has 0 aromatic heterocycles. The third kappa shape index (κ3) is 7.45. The van der Waals surface area contributed by atoms with Crippen LogP contribution in [0.5, 0.6) is 5.75 Å². The van der Waals surface area contributed by atoms with E-state index in [1.165, 1.54) is 17.9 Å². The van der Waals surface area contributed by atoms with E-state index < -0.39 is 11.7 Å². The summed E-state index contributed by atoms with van der Waals surface area (Å²) < 4.78 is 45.7. The molecule has 0 radical (unpaired) electrons. The van der Waals surface area contributed by atoms with Gasteiger partial charge in [0.25, 0.3) is 5.91 Å². The minimum atomic E-state index is -4.47. The topological polar surface area (TPSA) is 61.9 Å². The Morgan fingerprint density at radius 2 is 1.77 bits per heavy atom. The van der Waals surface area contributed by atoms with Crippen LogP contribution in [0.25, 0.3) is 5.57 Å². The lowest BCUT2D eigenvalue weighted by atomic mass is 9.82. The van der Waals surface area contributed by atoms with Gasteiger partial charge in [0.1, 0.15) is 5.75 Å². The van der Waals surface area contributed by atoms with Crippen LogP contribution >= 0.6 is 11.6 Å². The molecule has 6 nitrogen and oxygen atoms in total. The molecular weight excluding hydrogens is 591 g/mol. The molecule has 44 heavy (non-hydrogen) atoms. The van der Waals surface area contributed by atoms with Crippen molar-refractivity contribution in [3.8, 4) is 5.75 Å². The summed E-state index contributed by atoms with van der Waals surface area (Å²) in [6.45, 7) is 2.94. The Hall–Kier alpha value is -3.82. The number of carbonyl (C=O) groups is 2. The van der Waals surface area contributed by atoms with E-state index in [4.69, 9.17) is 16.3 Å². The molecule has 1 N–H and O–H groups in total. The number of hydrogen-bond acceptors (Lipinski definition) is 4. The monoisotopic (exact) mass is 625 g/mol. The molecule has 2 unspecified atom stereocenters. The summed E-state index contributed by atoms with van der Waals surface area (Å²) in [6.07, 6.45) is -2.32. The van der Waals surface area contributed by atoms with E-state index in [0.29, 0.717) is 48.0 Å². The molecular formula is C34H35ClF3N3O3. The van der Waals surface area contributed by atoms with Crippen molar-refractivity contribution in [2.24, 2.45) is 0 Å². The maximum absolute atomic E-state index is 14.0. The number of likely N-dealkylation sites (N-methyl/N-ethyl adjacent to an activating group) is 1. The number of rotatable bonds is 9. The first-order chi connectivity index (χ1) is 21.0. The molecule has 2 amide bonds. The molecule has 2 atom stereocenters. The van der Waals surface area contributed by atoms with Crippen LogP contribution in [0.4, 0.5) is 13.2 Å².